The SMILES string of the molecule is [2H]c1c([2H])c([2H])c2c([nH]c3c([2H])c([2H])c4[se]c5c([2H])c([2H])c([2H])c([2H])c5c4c32)c1[2H]. The van der Waals surface area contributed by atoms with Crippen molar-refractivity contribution in [2.75, 3.05) is 0 Å². The molecule has 0 fully saturated rings. The van der Waals surface area contributed by atoms with E-state index in [1.54, 1.807) is 0 Å². The van der Waals surface area contributed by atoms with Gasteiger partial charge in [0.2, 0.25) is 0 Å². The summed E-state index contributed by atoms with van der Waals surface area (Å²) in [6.45, 7) is 0. The number of fused-ring (bicyclic) bond motifs is 7. The van der Waals surface area contributed by atoms with E-state index in [9.17, 15) is 0 Å². The first-order chi connectivity index (χ1) is 14.1. The summed E-state index contributed by atoms with van der Waals surface area (Å²) in [6, 6.07) is -2.89. The van der Waals surface area contributed by atoms with Gasteiger partial charge in [-0.15, -0.1) is 0 Å². The van der Waals surface area contributed by atoms with Crippen molar-refractivity contribution in [3.63, 3.8) is 0 Å². The van der Waals surface area contributed by atoms with Gasteiger partial charge in [0.1, 0.15) is 0 Å². The number of aromatic nitrogens is 1. The van der Waals surface area contributed by atoms with Crippen LogP contribution in [0, 0.1) is 0 Å². The fourth-order valence-electron chi connectivity index (χ4n) is 2.52. The molecule has 5 aromatic rings. The van der Waals surface area contributed by atoms with E-state index in [-0.39, 0.29) is 64.1 Å². The van der Waals surface area contributed by atoms with Crippen LogP contribution in [0.1, 0.15) is 13.7 Å². The summed E-state index contributed by atoms with van der Waals surface area (Å²) in [4.78, 5) is 2.88. The molecular weight excluding hydrogens is 309 g/mol. The van der Waals surface area contributed by atoms with Crippen molar-refractivity contribution in [2.24, 2.45) is 0 Å². The van der Waals surface area contributed by atoms with Crippen molar-refractivity contribution >= 4 is 55.6 Å². The van der Waals surface area contributed by atoms with Crippen molar-refractivity contribution in [3.05, 3.63) is 60.4 Å². The number of H-pyrrole nitrogens is 1. The molecule has 0 amide bonds. The van der Waals surface area contributed by atoms with Gasteiger partial charge in [0.15, 0.2) is 0 Å². The second kappa shape index (κ2) is 3.76. The summed E-state index contributed by atoms with van der Waals surface area (Å²) >= 11 is -0.642. The van der Waals surface area contributed by atoms with Crippen LogP contribution >= 0.6 is 0 Å². The van der Waals surface area contributed by atoms with Crippen molar-refractivity contribution < 1.29 is 13.7 Å². The number of para-hydroxylation sites is 1. The zero-order chi connectivity index (χ0) is 21.8. The van der Waals surface area contributed by atoms with E-state index in [0.717, 1.165) is 0 Å². The minimum atomic E-state index is -0.642. The normalized spacial score (nSPS) is 19.0. The maximum atomic E-state index is 8.47. The first-order valence-electron chi connectivity index (χ1n) is 10.9. The third-order valence-electron chi connectivity index (χ3n) is 3.32. The Kier molecular flexibility index (Phi) is 0.952. The van der Waals surface area contributed by atoms with Crippen LogP contribution in [0.25, 0.3) is 41.1 Å². The molecule has 1 nitrogen and oxygen atoms in total. The Morgan fingerprint density at radius 1 is 0.700 bits per heavy atom. The van der Waals surface area contributed by atoms with Gasteiger partial charge in [-0.3, -0.25) is 0 Å². The molecule has 20 heavy (non-hydrogen) atoms. The van der Waals surface area contributed by atoms with Crippen molar-refractivity contribution in [3.8, 4) is 0 Å². The van der Waals surface area contributed by atoms with Crippen LogP contribution in [-0.4, -0.2) is 19.5 Å². The van der Waals surface area contributed by atoms with Crippen LogP contribution in [0.5, 0.6) is 0 Å². The van der Waals surface area contributed by atoms with Gasteiger partial charge in [-0.25, -0.2) is 0 Å². The van der Waals surface area contributed by atoms with E-state index in [2.05, 4.69) is 4.98 Å². The number of nitrogens with one attached hydrogen (secondary N) is 1. The molecule has 1 N–H and O–H groups in total. The van der Waals surface area contributed by atoms with E-state index >= 15 is 0 Å². The molecule has 0 unspecified atom stereocenters. The predicted octanol–water partition coefficient (Wildman–Crippen LogP) is 4.68. The Morgan fingerprint density at radius 2 is 1.50 bits per heavy atom. The fourth-order valence-corrected chi connectivity index (χ4v) is 4.55. The number of aromatic amines is 1. The number of rotatable bonds is 0. The number of hydrogen-bond donors (Lipinski definition) is 1. The van der Waals surface area contributed by atoms with E-state index in [0.29, 0.717) is 19.3 Å². The van der Waals surface area contributed by atoms with E-state index in [4.69, 9.17) is 13.7 Å². The van der Waals surface area contributed by atoms with Crippen molar-refractivity contribution in [1.82, 2.24) is 4.98 Å². The first-order valence-corrected chi connectivity index (χ1v) is 7.62. The van der Waals surface area contributed by atoms with Gasteiger partial charge < -0.3 is 0 Å². The Balaban J connectivity index is 2.24. The average Bonchev–Trinajstić information content (AvgIpc) is 3.31. The maximum absolute atomic E-state index is 8.47. The molecule has 0 aliphatic carbocycles. The monoisotopic (exact) mass is 331 g/mol. The summed E-state index contributed by atoms with van der Waals surface area (Å²) in [6.07, 6.45) is 0. The van der Waals surface area contributed by atoms with Gasteiger partial charge in [-0.1, -0.05) is 0 Å². The van der Waals surface area contributed by atoms with Gasteiger partial charge >= 0.3 is 135 Å². The Morgan fingerprint density at radius 3 is 2.45 bits per heavy atom. The molecule has 2 heteroatoms. The molecule has 2 aromatic heterocycles. The van der Waals surface area contributed by atoms with Crippen LogP contribution in [0.4, 0.5) is 0 Å². The molecule has 0 spiro atoms. The van der Waals surface area contributed by atoms with Crippen molar-refractivity contribution in [2.45, 2.75) is 0 Å². The Labute approximate surface area is 135 Å². The van der Waals surface area contributed by atoms with Crippen LogP contribution in [-0.2, 0) is 0 Å². The molecule has 0 atom stereocenters. The topological polar surface area (TPSA) is 15.8 Å². The summed E-state index contributed by atoms with van der Waals surface area (Å²) < 4.78 is 83.0. The van der Waals surface area contributed by atoms with Crippen LogP contribution in [0.2, 0.25) is 0 Å². The van der Waals surface area contributed by atoms with Crippen LogP contribution in [0.15, 0.2) is 60.4 Å². The van der Waals surface area contributed by atoms with Gasteiger partial charge in [-0.2, -0.15) is 0 Å². The molecule has 0 radical (unpaired) electrons. The van der Waals surface area contributed by atoms with Gasteiger partial charge in [0.05, 0.1) is 0 Å². The first kappa shape index (κ1) is 5.07. The van der Waals surface area contributed by atoms with Crippen LogP contribution < -0.4 is 0 Å². The molecule has 3 aromatic carbocycles. The summed E-state index contributed by atoms with van der Waals surface area (Å²) in [7, 11) is 0. The second-order valence-corrected chi connectivity index (χ2v) is 6.53. The molecule has 2 heterocycles. The second-order valence-electron chi connectivity index (χ2n) is 4.39. The summed E-state index contributed by atoms with van der Waals surface area (Å²) in [5, 5.41) is 1.09. The van der Waals surface area contributed by atoms with Gasteiger partial charge in [-0.05, 0) is 0 Å². The van der Waals surface area contributed by atoms with Gasteiger partial charge in [0.25, 0.3) is 0 Å². The quantitative estimate of drug-likeness (QED) is 0.397. The average molecular weight is 330 g/mol. The summed E-state index contributed by atoms with van der Waals surface area (Å²) in [5.74, 6) is 0. The Hall–Kier alpha value is -2.02. The van der Waals surface area contributed by atoms with E-state index in [1.165, 1.54) is 0 Å². The molecular formula is C18H11NSe. The zero-order valence-electron chi connectivity index (χ0n) is 19.9. The third-order valence-corrected chi connectivity index (χ3v) is 5.46. The standard InChI is InChI=1S/C18H11NSe/c1-3-7-13-11(5-1)17-14(19-13)9-10-16-18(17)12-6-2-4-8-15(12)20-16/h1-10,19H/i1D,2D,3D,4D,5D,6D,7D,8D,9D,10D. The molecule has 0 saturated carbocycles. The number of benzene rings is 3. The van der Waals surface area contributed by atoms with E-state index in [1.807, 2.05) is 0 Å². The molecule has 0 aliphatic rings. The zero-order valence-corrected chi connectivity index (χ0v) is 11.6. The van der Waals surface area contributed by atoms with Crippen LogP contribution in [0.3, 0.4) is 0 Å². The fraction of sp³-hybridized carbons (Fsp3) is 0. The number of hydrogen-bond acceptors (Lipinski definition) is 0. The molecule has 0 aliphatic heterocycles. The minimum absolute atomic E-state index is 0.104. The predicted molar refractivity (Wildman–Crippen MR) is 87.8 cm³/mol. The van der Waals surface area contributed by atoms with Crippen molar-refractivity contribution in [1.29, 1.82) is 0 Å². The third kappa shape index (κ3) is 1.28. The molecule has 0 saturated heterocycles. The molecule has 5 rings (SSSR count). The van der Waals surface area contributed by atoms with E-state index < -0.39 is 32.6 Å². The van der Waals surface area contributed by atoms with Gasteiger partial charge in [0, 0.05) is 0 Å². The summed E-state index contributed by atoms with van der Waals surface area (Å²) in [5.41, 5.74) is 0.274. The Bertz CT molecular complexity index is 1480. The molecule has 94 valence electrons. The molecule has 0 bridgehead atoms.